The van der Waals surface area contributed by atoms with Gasteiger partial charge in [-0.1, -0.05) is 42.3 Å². The summed E-state index contributed by atoms with van der Waals surface area (Å²) >= 11 is 4.84. The van der Waals surface area contributed by atoms with E-state index in [0.29, 0.717) is 105 Å². The molecule has 1 saturated heterocycles. The third-order valence-corrected chi connectivity index (χ3v) is 13.2. The van der Waals surface area contributed by atoms with Crippen LogP contribution in [-0.4, -0.2) is 120 Å². The van der Waals surface area contributed by atoms with Crippen molar-refractivity contribution in [1.29, 1.82) is 0 Å². The van der Waals surface area contributed by atoms with E-state index < -0.39 is 4.75 Å². The highest BCUT2D eigenvalue weighted by molar-refractivity contribution is 7.82. The summed E-state index contributed by atoms with van der Waals surface area (Å²) < 4.78 is 40.8. The van der Waals surface area contributed by atoms with Gasteiger partial charge in [0.05, 0.1) is 86.6 Å². The minimum Gasteiger partial charge on any atom is -0.493 e. The quantitative estimate of drug-likeness (QED) is 0.0342. The van der Waals surface area contributed by atoms with Crippen LogP contribution in [0.3, 0.4) is 0 Å². The molecule has 0 bridgehead atoms. The van der Waals surface area contributed by atoms with Gasteiger partial charge in [-0.05, 0) is 97.3 Å². The Kier molecular flexibility index (Phi) is 16.2. The molecule has 4 aromatic carbocycles. The summed E-state index contributed by atoms with van der Waals surface area (Å²) in [6.45, 7) is 10.1. The maximum Gasteiger partial charge on any atom is 0.260 e. The fourth-order valence-electron chi connectivity index (χ4n) is 9.39. The Balaban J connectivity index is 1.08. The minimum atomic E-state index is -0.793. The van der Waals surface area contributed by atoms with Crippen LogP contribution in [0.2, 0.25) is 0 Å². The van der Waals surface area contributed by atoms with Gasteiger partial charge in [0.15, 0.2) is 23.0 Å². The number of nitrogens with zero attached hydrogens (tertiary/aromatic N) is 4. The number of hydrogen-bond acceptors (Lipinski definition) is 13. The lowest BCUT2D eigenvalue weighted by Crippen LogP contribution is -2.39. The van der Waals surface area contributed by atoms with E-state index in [9.17, 15) is 9.59 Å². The standard InChI is InChI=1S/C55H61N5O9S/c1-7-55(3,70)36-58(19-20-66-23-24-67-22-21-63-4)41-26-37(34-68-51-31-45(56-8-2)43(29-49(51)64-5)53(61)59-18-17-39-13-9-11-15-47(39)59)25-38(27-41)35-69-52-32-46-44(30-50(52)65-6)54(62)60-42(33-57-46)28-40-14-10-12-16-48(40)60/h1,9-14,16,25-27,29-32,42,47,57,70H,2,15,17-24,28,33-36H2,3-6H3/t42-,47?,55+/m0/s1. The van der Waals surface area contributed by atoms with Gasteiger partial charge in [-0.15, -0.1) is 6.42 Å². The van der Waals surface area contributed by atoms with E-state index >= 15 is 0 Å². The van der Waals surface area contributed by atoms with Crippen molar-refractivity contribution in [2.45, 2.75) is 56.2 Å². The number of aliphatic imine (C=N–C) groups is 1. The number of terminal acetylenes is 1. The fraction of sp³-hybridized carbons (Fsp3) is 0.382. The number of para-hydroxylation sites is 1. The highest BCUT2D eigenvalue weighted by Crippen LogP contribution is 2.42. The van der Waals surface area contributed by atoms with Gasteiger partial charge in [-0.3, -0.25) is 9.59 Å². The SMILES string of the molecule is C#C[C@@](C)(S)CN(CCOCCOCCOC)c1cc(COc2cc(N=C=C)c(C(=O)N3CCC4=CC=CCC43)cc2OC)cc(COc2cc3c(cc2OC)C(=O)N2c4ccccc4C[C@H]2CN3)c1. The smallest absolute Gasteiger partial charge is 0.260 e. The minimum absolute atomic E-state index is 0.00754. The van der Waals surface area contributed by atoms with Crippen LogP contribution in [0.25, 0.3) is 0 Å². The van der Waals surface area contributed by atoms with E-state index in [-0.39, 0.29) is 37.1 Å². The van der Waals surface area contributed by atoms with E-state index in [4.69, 9.17) is 52.2 Å². The summed E-state index contributed by atoms with van der Waals surface area (Å²) in [5, 5.41) is 3.52. The molecule has 1 N–H and O–H groups in total. The Morgan fingerprint density at radius 3 is 2.39 bits per heavy atom. The third-order valence-electron chi connectivity index (χ3n) is 12.9. The number of fused-ring (bicyclic) bond motifs is 5. The monoisotopic (exact) mass is 967 g/mol. The largest absolute Gasteiger partial charge is 0.493 e. The molecule has 70 heavy (non-hydrogen) atoms. The first-order valence-corrected chi connectivity index (χ1v) is 24.0. The number of benzene rings is 4. The molecule has 15 heteroatoms. The van der Waals surface area contributed by atoms with Gasteiger partial charge >= 0.3 is 0 Å². The fourth-order valence-corrected chi connectivity index (χ4v) is 9.57. The second-order valence-electron chi connectivity index (χ2n) is 17.7. The van der Waals surface area contributed by atoms with Crippen molar-refractivity contribution in [2.75, 3.05) is 95.7 Å². The average Bonchev–Trinajstić information content (AvgIpc) is 3.95. The van der Waals surface area contributed by atoms with E-state index in [2.05, 4.69) is 57.9 Å². The van der Waals surface area contributed by atoms with Gasteiger partial charge in [0.2, 0.25) is 0 Å². The number of likely N-dealkylation sites (tertiary alicyclic amines) is 1. The Hall–Kier alpha value is -6.66. The number of hydrogen-bond donors (Lipinski definition) is 2. The Bertz CT molecular complexity index is 2720. The highest BCUT2D eigenvalue weighted by atomic mass is 32.1. The van der Waals surface area contributed by atoms with Gasteiger partial charge in [0.25, 0.3) is 11.8 Å². The number of carbonyl (C=O) groups is 2. The van der Waals surface area contributed by atoms with E-state index in [1.54, 1.807) is 39.5 Å². The van der Waals surface area contributed by atoms with E-state index in [1.807, 2.05) is 59.2 Å². The van der Waals surface area contributed by atoms with Crippen LogP contribution in [0.15, 0.2) is 102 Å². The average molecular weight is 968 g/mol. The molecule has 4 aromatic rings. The molecular weight excluding hydrogens is 907 g/mol. The van der Waals surface area contributed by atoms with E-state index in [1.165, 1.54) is 5.57 Å². The highest BCUT2D eigenvalue weighted by Gasteiger charge is 2.38. The number of thiol groups is 1. The van der Waals surface area contributed by atoms with Crippen molar-refractivity contribution >= 4 is 53.1 Å². The van der Waals surface area contributed by atoms with Crippen LogP contribution < -0.4 is 34.1 Å². The van der Waals surface area contributed by atoms with Crippen molar-refractivity contribution in [1.82, 2.24) is 4.90 Å². The predicted molar refractivity (Wildman–Crippen MR) is 276 cm³/mol. The molecule has 0 spiro atoms. The number of methoxy groups -OCH3 is 3. The lowest BCUT2D eigenvalue weighted by atomic mass is 9.99. The molecule has 8 rings (SSSR count). The molecule has 1 unspecified atom stereocenters. The molecule has 3 heterocycles. The maximum absolute atomic E-state index is 14.2. The summed E-state index contributed by atoms with van der Waals surface area (Å²) in [7, 11) is 4.74. The Labute approximate surface area is 416 Å². The number of rotatable bonds is 22. The topological polar surface area (TPSA) is 133 Å². The first kappa shape index (κ1) is 49.8. The zero-order chi connectivity index (χ0) is 49.2. The summed E-state index contributed by atoms with van der Waals surface area (Å²) in [4.78, 5) is 38.6. The van der Waals surface area contributed by atoms with Crippen molar-refractivity contribution in [2.24, 2.45) is 4.99 Å². The molecule has 2 amide bonds. The molecule has 0 aromatic heterocycles. The number of ether oxygens (including phenoxy) is 7. The van der Waals surface area contributed by atoms with Gasteiger partial charge in [0.1, 0.15) is 13.2 Å². The molecule has 1 aliphatic carbocycles. The number of amides is 2. The molecule has 4 aliphatic rings. The third kappa shape index (κ3) is 11.3. The maximum atomic E-state index is 14.2. The second-order valence-corrected chi connectivity index (χ2v) is 18.7. The summed E-state index contributed by atoms with van der Waals surface area (Å²) in [6.07, 6.45) is 14.6. The summed E-state index contributed by atoms with van der Waals surface area (Å²) in [5.74, 6) is 6.84. The van der Waals surface area contributed by atoms with Crippen molar-refractivity contribution in [3.63, 3.8) is 0 Å². The summed E-state index contributed by atoms with van der Waals surface area (Å²) in [5.41, 5.74) is 7.70. The molecule has 3 atom stereocenters. The lowest BCUT2D eigenvalue weighted by Gasteiger charge is -2.31. The number of anilines is 3. The summed E-state index contributed by atoms with van der Waals surface area (Å²) in [6, 6.07) is 21.1. The molecule has 366 valence electrons. The molecular formula is C55H61N5O9S. The van der Waals surface area contributed by atoms with Crippen LogP contribution in [0, 0.1) is 12.3 Å². The van der Waals surface area contributed by atoms with Crippen LogP contribution in [0.4, 0.5) is 22.7 Å². The predicted octanol–water partition coefficient (Wildman–Crippen LogP) is 8.25. The number of allylic oxidation sites excluding steroid dienone is 2. The van der Waals surface area contributed by atoms with E-state index in [0.717, 1.165) is 47.3 Å². The first-order valence-electron chi connectivity index (χ1n) is 23.5. The molecule has 0 radical (unpaired) electrons. The zero-order valence-corrected chi connectivity index (χ0v) is 41.2. The Morgan fingerprint density at radius 1 is 0.943 bits per heavy atom. The zero-order valence-electron chi connectivity index (χ0n) is 40.3. The van der Waals surface area contributed by atoms with Gasteiger partial charge in [-0.25, -0.2) is 4.99 Å². The van der Waals surface area contributed by atoms with Gasteiger partial charge in [-0.2, -0.15) is 12.6 Å². The van der Waals surface area contributed by atoms with Crippen molar-refractivity contribution in [3.8, 4) is 35.3 Å². The Morgan fingerprint density at radius 2 is 1.66 bits per heavy atom. The van der Waals surface area contributed by atoms with Crippen LogP contribution in [-0.2, 0) is 33.8 Å². The normalized spacial score (nSPS) is 17.3. The van der Waals surface area contributed by atoms with Gasteiger partial charge < -0.3 is 53.2 Å². The first-order chi connectivity index (χ1) is 34.0. The lowest BCUT2D eigenvalue weighted by molar-refractivity contribution is 0.0264. The molecule has 3 aliphatic heterocycles. The molecule has 14 nitrogen and oxygen atoms in total. The second kappa shape index (κ2) is 22.8. The number of carbonyl (C=O) groups excluding carboxylic acids is 2. The van der Waals surface area contributed by atoms with Crippen LogP contribution in [0.1, 0.15) is 57.2 Å². The van der Waals surface area contributed by atoms with Crippen LogP contribution in [0.5, 0.6) is 23.0 Å². The van der Waals surface area contributed by atoms with Crippen molar-refractivity contribution in [3.05, 3.63) is 125 Å². The van der Waals surface area contributed by atoms with Crippen molar-refractivity contribution < 1.29 is 42.7 Å². The van der Waals surface area contributed by atoms with Gasteiger partial charge in [0, 0.05) is 56.8 Å². The van der Waals surface area contributed by atoms with Crippen LogP contribution >= 0.6 is 12.6 Å². The molecule has 0 saturated carbocycles. The molecule has 1 fully saturated rings. The number of nitrogens with one attached hydrogen (secondary N) is 1.